The average Bonchev–Trinajstić information content (AvgIpc) is 2.75. The van der Waals surface area contributed by atoms with Crippen molar-refractivity contribution in [3.63, 3.8) is 0 Å². The van der Waals surface area contributed by atoms with E-state index in [1.54, 1.807) is 12.1 Å². The van der Waals surface area contributed by atoms with Gasteiger partial charge in [-0.2, -0.15) is 0 Å². The molecule has 2 aliphatic carbocycles. The monoisotopic (exact) mass is 298 g/mol. The molecule has 1 N–H and O–H groups in total. The zero-order valence-corrected chi connectivity index (χ0v) is 12.9. The van der Waals surface area contributed by atoms with Crippen LogP contribution in [0.4, 0.5) is 0 Å². The van der Waals surface area contributed by atoms with Crippen molar-refractivity contribution in [1.82, 2.24) is 0 Å². The Hall–Kier alpha value is -2.80. The van der Waals surface area contributed by atoms with Crippen LogP contribution >= 0.6 is 0 Å². The predicted octanol–water partition coefficient (Wildman–Crippen LogP) is 5.30. The first-order valence-corrected chi connectivity index (χ1v) is 7.97. The number of allylic oxidation sites excluding steroid dienone is 7. The van der Waals surface area contributed by atoms with Gasteiger partial charge in [-0.25, -0.2) is 0 Å². The molecule has 4 rings (SSSR count). The Labute approximate surface area is 136 Å². The van der Waals surface area contributed by atoms with Gasteiger partial charge in [-0.1, -0.05) is 60.7 Å². The Bertz CT molecular complexity index is 861. The fourth-order valence-electron chi connectivity index (χ4n) is 3.26. The van der Waals surface area contributed by atoms with Crippen molar-refractivity contribution in [2.45, 2.75) is 12.8 Å². The molecule has 0 aliphatic heterocycles. The van der Waals surface area contributed by atoms with Gasteiger partial charge in [0, 0.05) is 0 Å². The molecule has 0 saturated heterocycles. The third-order valence-electron chi connectivity index (χ3n) is 4.45. The topological polar surface area (TPSA) is 20.2 Å². The maximum atomic E-state index is 9.50. The van der Waals surface area contributed by atoms with Crippen molar-refractivity contribution in [3.8, 4) is 5.75 Å². The maximum absolute atomic E-state index is 9.50. The van der Waals surface area contributed by atoms with Crippen LogP contribution in [0, 0.1) is 0 Å². The van der Waals surface area contributed by atoms with Crippen LogP contribution in [0.1, 0.15) is 23.1 Å². The second kappa shape index (κ2) is 5.77. The molecule has 0 spiro atoms. The minimum atomic E-state index is 0.300. The highest BCUT2D eigenvalue weighted by atomic mass is 16.3. The molecule has 2 aromatic carbocycles. The van der Waals surface area contributed by atoms with E-state index in [-0.39, 0.29) is 0 Å². The lowest BCUT2D eigenvalue weighted by atomic mass is 9.87. The molecule has 0 atom stereocenters. The molecular weight excluding hydrogens is 280 g/mol. The van der Waals surface area contributed by atoms with E-state index in [0.717, 1.165) is 18.4 Å². The van der Waals surface area contributed by atoms with Crippen LogP contribution in [0.5, 0.6) is 5.75 Å². The fourth-order valence-corrected chi connectivity index (χ4v) is 3.26. The molecule has 1 heteroatoms. The quantitative estimate of drug-likeness (QED) is 0.757. The van der Waals surface area contributed by atoms with Gasteiger partial charge in [-0.15, -0.1) is 0 Å². The molecule has 112 valence electrons. The third-order valence-corrected chi connectivity index (χ3v) is 4.45. The van der Waals surface area contributed by atoms with Crippen molar-refractivity contribution in [3.05, 3.63) is 101 Å². The van der Waals surface area contributed by atoms with Gasteiger partial charge in [0.25, 0.3) is 0 Å². The van der Waals surface area contributed by atoms with Crippen LogP contribution < -0.4 is 0 Å². The number of benzene rings is 2. The molecule has 0 bridgehead atoms. The van der Waals surface area contributed by atoms with Gasteiger partial charge in [0.2, 0.25) is 0 Å². The number of fused-ring (bicyclic) bond motifs is 2. The smallest absolute Gasteiger partial charge is 0.115 e. The lowest BCUT2D eigenvalue weighted by Gasteiger charge is -2.17. The Morgan fingerprint density at radius 3 is 2.61 bits per heavy atom. The number of phenolic OH excluding ortho intramolecular Hbond substituents is 1. The highest BCUT2D eigenvalue weighted by Crippen LogP contribution is 2.38. The van der Waals surface area contributed by atoms with Crippen molar-refractivity contribution < 1.29 is 5.11 Å². The summed E-state index contributed by atoms with van der Waals surface area (Å²) in [6.45, 7) is 0. The van der Waals surface area contributed by atoms with E-state index in [9.17, 15) is 5.11 Å². The van der Waals surface area contributed by atoms with Crippen molar-refractivity contribution in [1.29, 1.82) is 0 Å². The van der Waals surface area contributed by atoms with Gasteiger partial charge < -0.3 is 5.11 Å². The fraction of sp³-hybridized carbons (Fsp3) is 0.0909. The van der Waals surface area contributed by atoms with Gasteiger partial charge in [-0.3, -0.25) is 0 Å². The number of hydrogen-bond acceptors (Lipinski definition) is 1. The van der Waals surface area contributed by atoms with Crippen molar-refractivity contribution >= 4 is 11.6 Å². The van der Waals surface area contributed by atoms with E-state index in [0.29, 0.717) is 5.75 Å². The molecule has 23 heavy (non-hydrogen) atoms. The first-order chi connectivity index (χ1) is 11.3. The molecule has 2 aliphatic rings. The summed E-state index contributed by atoms with van der Waals surface area (Å²) < 4.78 is 0. The summed E-state index contributed by atoms with van der Waals surface area (Å²) >= 11 is 0. The highest BCUT2D eigenvalue weighted by molar-refractivity contribution is 5.96. The average molecular weight is 298 g/mol. The molecule has 2 aromatic rings. The molecule has 0 aromatic heterocycles. The SMILES string of the molecule is Oc1ccc(C=C2C3=CC=CCC3=CCc3ccccc32)cc1. The van der Waals surface area contributed by atoms with E-state index >= 15 is 0 Å². The zero-order chi connectivity index (χ0) is 15.6. The van der Waals surface area contributed by atoms with Gasteiger partial charge in [-0.05, 0) is 64.5 Å². The predicted molar refractivity (Wildman–Crippen MR) is 96.0 cm³/mol. The number of hydrogen-bond donors (Lipinski definition) is 1. The number of aromatic hydroxyl groups is 1. The molecular formula is C22H18O. The van der Waals surface area contributed by atoms with Crippen molar-refractivity contribution in [2.24, 2.45) is 0 Å². The lowest BCUT2D eigenvalue weighted by Crippen LogP contribution is -1.96. The standard InChI is InChI=1S/C22H18O/c23-19-13-9-16(10-14-19)15-22-20-7-3-1-5-17(20)11-12-18-6-2-4-8-21(18)22/h1-5,7-10,12-15,23H,6,11H2. The first kappa shape index (κ1) is 13.8. The first-order valence-electron chi connectivity index (χ1n) is 7.97. The molecule has 1 nitrogen and oxygen atoms in total. The Morgan fingerprint density at radius 2 is 1.74 bits per heavy atom. The minimum absolute atomic E-state index is 0.300. The molecule has 0 radical (unpaired) electrons. The van der Waals surface area contributed by atoms with E-state index < -0.39 is 0 Å². The largest absolute Gasteiger partial charge is 0.508 e. The van der Waals surface area contributed by atoms with E-state index in [1.165, 1.54) is 27.8 Å². The summed E-state index contributed by atoms with van der Waals surface area (Å²) in [7, 11) is 0. The minimum Gasteiger partial charge on any atom is -0.508 e. The maximum Gasteiger partial charge on any atom is 0.115 e. The third kappa shape index (κ3) is 2.66. The van der Waals surface area contributed by atoms with E-state index in [2.05, 4.69) is 54.6 Å². The van der Waals surface area contributed by atoms with Crippen molar-refractivity contribution in [2.75, 3.05) is 0 Å². The summed E-state index contributed by atoms with van der Waals surface area (Å²) in [5.74, 6) is 0.300. The van der Waals surface area contributed by atoms with Crippen LogP contribution in [0.3, 0.4) is 0 Å². The Morgan fingerprint density at radius 1 is 0.913 bits per heavy atom. The number of phenols is 1. The van der Waals surface area contributed by atoms with Crippen LogP contribution in [0.25, 0.3) is 11.6 Å². The second-order valence-corrected chi connectivity index (χ2v) is 5.95. The summed E-state index contributed by atoms with van der Waals surface area (Å²) in [4.78, 5) is 0. The molecule has 0 unspecified atom stereocenters. The summed E-state index contributed by atoms with van der Waals surface area (Å²) in [6, 6.07) is 16.0. The summed E-state index contributed by atoms with van der Waals surface area (Å²) in [5.41, 5.74) is 7.73. The highest BCUT2D eigenvalue weighted by Gasteiger charge is 2.19. The Kier molecular flexibility index (Phi) is 3.47. The van der Waals surface area contributed by atoms with E-state index in [1.807, 2.05) is 12.1 Å². The molecule has 0 saturated carbocycles. The Balaban J connectivity index is 1.92. The summed E-state index contributed by atoms with van der Waals surface area (Å²) in [6.07, 6.45) is 13.1. The zero-order valence-electron chi connectivity index (χ0n) is 12.9. The second-order valence-electron chi connectivity index (χ2n) is 5.95. The van der Waals surface area contributed by atoms with Gasteiger partial charge in [0.15, 0.2) is 0 Å². The molecule has 0 fully saturated rings. The van der Waals surface area contributed by atoms with Crippen LogP contribution in [-0.4, -0.2) is 5.11 Å². The van der Waals surface area contributed by atoms with Gasteiger partial charge in [0.05, 0.1) is 0 Å². The van der Waals surface area contributed by atoms with Gasteiger partial charge >= 0.3 is 0 Å². The number of rotatable bonds is 1. The van der Waals surface area contributed by atoms with Gasteiger partial charge in [0.1, 0.15) is 5.75 Å². The van der Waals surface area contributed by atoms with Crippen LogP contribution in [0.2, 0.25) is 0 Å². The summed E-state index contributed by atoms with van der Waals surface area (Å²) in [5, 5.41) is 9.50. The van der Waals surface area contributed by atoms with E-state index in [4.69, 9.17) is 0 Å². The van der Waals surface area contributed by atoms with Crippen LogP contribution in [0.15, 0.2) is 84.0 Å². The normalized spacial score (nSPS) is 17.8. The molecule has 0 heterocycles. The molecule has 0 amide bonds. The van der Waals surface area contributed by atoms with Crippen LogP contribution in [-0.2, 0) is 6.42 Å². The lowest BCUT2D eigenvalue weighted by molar-refractivity contribution is 0.475.